The largest absolute Gasteiger partial charge is 0.277 e. The van der Waals surface area contributed by atoms with Crippen LogP contribution in [0, 0.1) is 10.1 Å². The lowest BCUT2D eigenvalue weighted by atomic mass is 9.68. The molecule has 3 nitrogen and oxygen atoms in total. The standard InChI is InChI=1S/C24H20BrNO2/c25-22-15-21-18(14-19(22)17-9-3-5-11-23(17)26(27)28)16-8-2-4-10-20(16)24(21)12-6-1-7-13-24/h2-5,8-11,14-15H,1,6-7,12-13H2. The van der Waals surface area contributed by atoms with Gasteiger partial charge in [0.25, 0.3) is 5.69 Å². The molecule has 0 heterocycles. The Bertz CT molecular complexity index is 1100. The van der Waals surface area contributed by atoms with Gasteiger partial charge in [-0.2, -0.15) is 0 Å². The summed E-state index contributed by atoms with van der Waals surface area (Å²) in [5.74, 6) is 0. The molecular formula is C24H20BrNO2. The van der Waals surface area contributed by atoms with Gasteiger partial charge in [0.1, 0.15) is 0 Å². The molecule has 0 N–H and O–H groups in total. The highest BCUT2D eigenvalue weighted by Gasteiger charge is 2.44. The maximum Gasteiger partial charge on any atom is 0.277 e. The summed E-state index contributed by atoms with van der Waals surface area (Å²) in [6, 6.07) is 20.1. The Kier molecular flexibility index (Phi) is 4.13. The van der Waals surface area contributed by atoms with Crippen LogP contribution in [-0.4, -0.2) is 4.92 Å². The van der Waals surface area contributed by atoms with E-state index in [9.17, 15) is 10.1 Å². The number of rotatable bonds is 2. The molecule has 0 saturated heterocycles. The van der Waals surface area contributed by atoms with E-state index in [0.717, 1.165) is 10.0 Å². The number of benzene rings is 3. The van der Waals surface area contributed by atoms with E-state index in [0.29, 0.717) is 5.56 Å². The van der Waals surface area contributed by atoms with Gasteiger partial charge in [-0.15, -0.1) is 0 Å². The maximum absolute atomic E-state index is 11.6. The summed E-state index contributed by atoms with van der Waals surface area (Å²) in [5.41, 5.74) is 7.09. The molecule has 2 aliphatic carbocycles. The second kappa shape index (κ2) is 6.56. The average Bonchev–Trinajstić information content (AvgIpc) is 2.97. The fourth-order valence-electron chi connectivity index (χ4n) is 5.23. The monoisotopic (exact) mass is 433 g/mol. The zero-order chi connectivity index (χ0) is 19.3. The van der Waals surface area contributed by atoms with Crippen molar-refractivity contribution in [1.29, 1.82) is 0 Å². The molecule has 28 heavy (non-hydrogen) atoms. The van der Waals surface area contributed by atoms with Crippen LogP contribution in [0.25, 0.3) is 22.3 Å². The van der Waals surface area contributed by atoms with E-state index < -0.39 is 0 Å². The number of nitro benzene ring substituents is 1. The van der Waals surface area contributed by atoms with Crippen LogP contribution in [0.5, 0.6) is 0 Å². The molecule has 2 aliphatic rings. The van der Waals surface area contributed by atoms with Gasteiger partial charge in [0.05, 0.1) is 10.5 Å². The van der Waals surface area contributed by atoms with Gasteiger partial charge in [0.2, 0.25) is 0 Å². The van der Waals surface area contributed by atoms with Gasteiger partial charge in [-0.3, -0.25) is 10.1 Å². The Labute approximate surface area is 172 Å². The van der Waals surface area contributed by atoms with Gasteiger partial charge in [0.15, 0.2) is 0 Å². The lowest BCUT2D eigenvalue weighted by molar-refractivity contribution is -0.384. The van der Waals surface area contributed by atoms with Crippen molar-refractivity contribution in [3.63, 3.8) is 0 Å². The van der Waals surface area contributed by atoms with E-state index in [-0.39, 0.29) is 16.0 Å². The lowest BCUT2D eigenvalue weighted by Crippen LogP contribution is -2.28. The molecule has 1 saturated carbocycles. The topological polar surface area (TPSA) is 43.1 Å². The first-order chi connectivity index (χ1) is 13.6. The van der Waals surface area contributed by atoms with Gasteiger partial charge in [-0.1, -0.05) is 71.6 Å². The quantitative estimate of drug-likeness (QED) is 0.315. The Morgan fingerprint density at radius 1 is 0.786 bits per heavy atom. The van der Waals surface area contributed by atoms with Crippen LogP contribution in [-0.2, 0) is 5.41 Å². The van der Waals surface area contributed by atoms with Gasteiger partial charge in [0, 0.05) is 21.5 Å². The highest BCUT2D eigenvalue weighted by Crippen LogP contribution is 2.57. The molecule has 0 aliphatic heterocycles. The fraction of sp³-hybridized carbons (Fsp3) is 0.250. The molecular weight excluding hydrogens is 414 g/mol. The van der Waals surface area contributed by atoms with E-state index in [4.69, 9.17) is 0 Å². The van der Waals surface area contributed by atoms with E-state index in [1.54, 1.807) is 12.1 Å². The summed E-state index contributed by atoms with van der Waals surface area (Å²) in [6.07, 6.45) is 6.14. The van der Waals surface area contributed by atoms with Gasteiger partial charge < -0.3 is 0 Å². The first kappa shape index (κ1) is 17.6. The third-order valence-corrected chi connectivity index (χ3v) is 7.11. The maximum atomic E-state index is 11.6. The molecule has 0 bridgehead atoms. The van der Waals surface area contributed by atoms with Crippen molar-refractivity contribution in [3.8, 4) is 22.3 Å². The highest BCUT2D eigenvalue weighted by atomic mass is 79.9. The number of para-hydroxylation sites is 1. The van der Waals surface area contributed by atoms with E-state index in [2.05, 4.69) is 52.3 Å². The number of halogens is 1. The van der Waals surface area contributed by atoms with Crippen molar-refractivity contribution in [2.75, 3.05) is 0 Å². The summed E-state index contributed by atoms with van der Waals surface area (Å²) in [7, 11) is 0. The second-order valence-corrected chi connectivity index (χ2v) is 8.69. The molecule has 0 radical (unpaired) electrons. The molecule has 3 aromatic rings. The minimum absolute atomic E-state index is 0.0911. The van der Waals surface area contributed by atoms with Gasteiger partial charge in [-0.05, 0) is 53.3 Å². The molecule has 5 rings (SSSR count). The number of hydrogen-bond acceptors (Lipinski definition) is 2. The van der Waals surface area contributed by atoms with Crippen LogP contribution in [0.4, 0.5) is 5.69 Å². The van der Waals surface area contributed by atoms with Crippen LogP contribution >= 0.6 is 15.9 Å². The first-order valence-corrected chi connectivity index (χ1v) is 10.6. The van der Waals surface area contributed by atoms with Crippen molar-refractivity contribution >= 4 is 21.6 Å². The summed E-state index contributed by atoms with van der Waals surface area (Å²) >= 11 is 3.74. The molecule has 1 spiro atoms. The molecule has 0 atom stereocenters. The molecule has 0 unspecified atom stereocenters. The number of nitrogens with zero attached hydrogens (tertiary/aromatic N) is 1. The summed E-state index contributed by atoms with van der Waals surface area (Å²) in [6.45, 7) is 0. The summed E-state index contributed by atoms with van der Waals surface area (Å²) in [4.78, 5) is 11.3. The predicted octanol–water partition coefficient (Wildman–Crippen LogP) is 7.25. The Balaban J connectivity index is 1.77. The zero-order valence-corrected chi connectivity index (χ0v) is 17.0. The Morgan fingerprint density at radius 2 is 1.46 bits per heavy atom. The first-order valence-electron chi connectivity index (χ1n) is 9.79. The van der Waals surface area contributed by atoms with E-state index in [1.807, 2.05) is 12.1 Å². The molecule has 0 amide bonds. The third-order valence-electron chi connectivity index (χ3n) is 6.45. The van der Waals surface area contributed by atoms with Gasteiger partial charge in [-0.25, -0.2) is 0 Å². The number of nitro groups is 1. The van der Waals surface area contributed by atoms with E-state index in [1.165, 1.54) is 54.4 Å². The predicted molar refractivity (Wildman–Crippen MR) is 116 cm³/mol. The van der Waals surface area contributed by atoms with Crippen molar-refractivity contribution < 1.29 is 4.92 Å². The smallest absolute Gasteiger partial charge is 0.258 e. The highest BCUT2D eigenvalue weighted by molar-refractivity contribution is 9.10. The number of hydrogen-bond donors (Lipinski definition) is 0. The second-order valence-electron chi connectivity index (χ2n) is 7.84. The van der Waals surface area contributed by atoms with Crippen LogP contribution in [0.1, 0.15) is 43.2 Å². The molecule has 4 heteroatoms. The summed E-state index contributed by atoms with van der Waals surface area (Å²) in [5, 5.41) is 11.6. The average molecular weight is 434 g/mol. The van der Waals surface area contributed by atoms with Crippen molar-refractivity contribution in [2.24, 2.45) is 0 Å². The minimum Gasteiger partial charge on any atom is -0.258 e. The Morgan fingerprint density at radius 3 is 2.21 bits per heavy atom. The van der Waals surface area contributed by atoms with E-state index >= 15 is 0 Å². The van der Waals surface area contributed by atoms with Gasteiger partial charge >= 0.3 is 0 Å². The summed E-state index contributed by atoms with van der Waals surface area (Å²) < 4.78 is 0.929. The van der Waals surface area contributed by atoms with Crippen molar-refractivity contribution in [3.05, 3.63) is 86.4 Å². The van der Waals surface area contributed by atoms with Crippen LogP contribution in [0.2, 0.25) is 0 Å². The number of fused-ring (bicyclic) bond motifs is 5. The molecule has 1 fully saturated rings. The SMILES string of the molecule is O=[N+]([O-])c1ccccc1-c1cc2c(cc1Br)C1(CCCCC1)c1ccccc1-2. The lowest BCUT2D eigenvalue weighted by Gasteiger charge is -2.36. The van der Waals surface area contributed by atoms with Crippen molar-refractivity contribution in [1.82, 2.24) is 0 Å². The van der Waals surface area contributed by atoms with Crippen LogP contribution < -0.4 is 0 Å². The molecule has 140 valence electrons. The minimum atomic E-state index is -0.300. The van der Waals surface area contributed by atoms with Crippen LogP contribution in [0.3, 0.4) is 0 Å². The normalized spacial score (nSPS) is 16.6. The zero-order valence-electron chi connectivity index (χ0n) is 15.5. The third kappa shape index (κ3) is 2.47. The molecule has 3 aromatic carbocycles. The van der Waals surface area contributed by atoms with Crippen molar-refractivity contribution in [2.45, 2.75) is 37.5 Å². The molecule has 0 aromatic heterocycles. The Hall–Kier alpha value is -2.46. The fourth-order valence-corrected chi connectivity index (χ4v) is 5.79. The van der Waals surface area contributed by atoms with Crippen LogP contribution in [0.15, 0.2) is 65.1 Å².